The van der Waals surface area contributed by atoms with Crippen LogP contribution in [0.3, 0.4) is 0 Å². The second-order valence-corrected chi connectivity index (χ2v) is 6.90. The number of aliphatic imine (C=N–C) groups is 1. The van der Waals surface area contributed by atoms with Crippen LogP contribution < -0.4 is 10.6 Å². The number of nitrogens with zero attached hydrogens (tertiary/aromatic N) is 4. The lowest BCUT2D eigenvalue weighted by Crippen LogP contribution is -2.39. The van der Waals surface area contributed by atoms with E-state index in [2.05, 4.69) is 51.9 Å². The number of guanidine groups is 1. The highest BCUT2D eigenvalue weighted by atomic mass is 32.1. The zero-order chi connectivity index (χ0) is 16.7. The van der Waals surface area contributed by atoms with E-state index in [1.807, 2.05) is 16.9 Å². The first kappa shape index (κ1) is 17.5. The lowest BCUT2D eigenvalue weighted by Gasteiger charge is -2.15. The molecular formula is C16H26N6S. The molecule has 2 N–H and O–H groups in total. The summed E-state index contributed by atoms with van der Waals surface area (Å²) in [4.78, 5) is 8.89. The molecule has 0 aliphatic rings. The number of rotatable bonds is 7. The van der Waals surface area contributed by atoms with Gasteiger partial charge in [-0.05, 0) is 17.9 Å². The average molecular weight is 334 g/mol. The van der Waals surface area contributed by atoms with Gasteiger partial charge in [-0.15, -0.1) is 11.3 Å². The maximum Gasteiger partial charge on any atom is 0.191 e. The third-order valence-electron chi connectivity index (χ3n) is 3.47. The predicted molar refractivity (Wildman–Crippen MR) is 95.8 cm³/mol. The first-order chi connectivity index (χ1) is 11.1. The Morgan fingerprint density at radius 3 is 2.78 bits per heavy atom. The Kier molecular flexibility index (Phi) is 6.58. The molecule has 6 nitrogen and oxygen atoms in total. The topological polar surface area (TPSA) is 67.1 Å². The van der Waals surface area contributed by atoms with Crippen molar-refractivity contribution in [1.29, 1.82) is 0 Å². The van der Waals surface area contributed by atoms with Gasteiger partial charge in [-0.25, -0.2) is 4.98 Å². The molecule has 2 aromatic heterocycles. The van der Waals surface area contributed by atoms with Crippen LogP contribution in [0.2, 0.25) is 0 Å². The zero-order valence-corrected chi connectivity index (χ0v) is 15.1. The predicted octanol–water partition coefficient (Wildman–Crippen LogP) is 2.46. The van der Waals surface area contributed by atoms with E-state index in [0.717, 1.165) is 29.8 Å². The van der Waals surface area contributed by atoms with Crippen molar-refractivity contribution in [2.45, 2.75) is 39.8 Å². The minimum atomic E-state index is 0.459. The van der Waals surface area contributed by atoms with Gasteiger partial charge >= 0.3 is 0 Å². The first-order valence-corrected chi connectivity index (χ1v) is 8.82. The molecule has 2 rings (SSSR count). The molecule has 0 fully saturated rings. The molecule has 126 valence electrons. The SMILES string of the molecule is CN=C(NCc1nc(C(C)C)cs1)NCC(C)Cn1cccn1. The lowest BCUT2D eigenvalue weighted by molar-refractivity contribution is 0.443. The Morgan fingerprint density at radius 1 is 1.35 bits per heavy atom. The van der Waals surface area contributed by atoms with E-state index in [9.17, 15) is 0 Å². The summed E-state index contributed by atoms with van der Waals surface area (Å²) in [6, 6.07) is 1.94. The first-order valence-electron chi connectivity index (χ1n) is 7.94. The van der Waals surface area contributed by atoms with Crippen LogP contribution >= 0.6 is 11.3 Å². The van der Waals surface area contributed by atoms with Gasteiger partial charge in [0.1, 0.15) is 5.01 Å². The van der Waals surface area contributed by atoms with Crippen LogP contribution in [0.15, 0.2) is 28.8 Å². The molecule has 0 bridgehead atoms. The largest absolute Gasteiger partial charge is 0.356 e. The second kappa shape index (κ2) is 8.67. The molecule has 0 amide bonds. The van der Waals surface area contributed by atoms with E-state index in [-0.39, 0.29) is 0 Å². The Balaban J connectivity index is 1.74. The van der Waals surface area contributed by atoms with Gasteiger partial charge in [-0.3, -0.25) is 9.67 Å². The Bertz CT molecular complexity index is 602. The van der Waals surface area contributed by atoms with Crippen molar-refractivity contribution in [3.63, 3.8) is 0 Å². The van der Waals surface area contributed by atoms with Gasteiger partial charge in [0.25, 0.3) is 0 Å². The van der Waals surface area contributed by atoms with Crippen LogP contribution in [-0.2, 0) is 13.1 Å². The summed E-state index contributed by atoms with van der Waals surface area (Å²) in [5.41, 5.74) is 1.16. The van der Waals surface area contributed by atoms with Gasteiger partial charge in [-0.1, -0.05) is 20.8 Å². The summed E-state index contributed by atoms with van der Waals surface area (Å²) in [7, 11) is 1.79. The molecule has 2 heterocycles. The molecule has 0 aliphatic carbocycles. The maximum absolute atomic E-state index is 4.62. The average Bonchev–Trinajstić information content (AvgIpc) is 3.18. The van der Waals surface area contributed by atoms with Crippen molar-refractivity contribution in [1.82, 2.24) is 25.4 Å². The fourth-order valence-electron chi connectivity index (χ4n) is 2.11. The minimum Gasteiger partial charge on any atom is -0.356 e. The molecule has 0 radical (unpaired) electrons. The molecule has 1 unspecified atom stereocenters. The molecule has 23 heavy (non-hydrogen) atoms. The van der Waals surface area contributed by atoms with Crippen molar-refractivity contribution < 1.29 is 0 Å². The number of nitrogens with one attached hydrogen (secondary N) is 2. The fraction of sp³-hybridized carbons (Fsp3) is 0.562. The van der Waals surface area contributed by atoms with Crippen molar-refractivity contribution in [3.05, 3.63) is 34.5 Å². The van der Waals surface area contributed by atoms with Crippen LogP contribution in [0.4, 0.5) is 0 Å². The van der Waals surface area contributed by atoms with E-state index >= 15 is 0 Å². The van der Waals surface area contributed by atoms with Gasteiger partial charge < -0.3 is 10.6 Å². The highest BCUT2D eigenvalue weighted by Crippen LogP contribution is 2.17. The summed E-state index contributed by atoms with van der Waals surface area (Å²) in [5, 5.41) is 14.1. The van der Waals surface area contributed by atoms with Gasteiger partial charge in [0.05, 0.1) is 12.2 Å². The van der Waals surface area contributed by atoms with Crippen LogP contribution in [0.25, 0.3) is 0 Å². The van der Waals surface area contributed by atoms with Gasteiger partial charge in [0.2, 0.25) is 0 Å². The molecular weight excluding hydrogens is 308 g/mol. The second-order valence-electron chi connectivity index (χ2n) is 5.96. The summed E-state index contributed by atoms with van der Waals surface area (Å²) in [6.45, 7) is 8.94. The molecule has 0 saturated carbocycles. The minimum absolute atomic E-state index is 0.459. The Hall–Kier alpha value is -1.89. The smallest absolute Gasteiger partial charge is 0.191 e. The van der Waals surface area contributed by atoms with E-state index in [0.29, 0.717) is 18.4 Å². The standard InChI is InChI=1S/C16H26N6S/c1-12(2)14-11-23-15(21-14)9-19-16(17-4)18-8-13(3)10-22-7-5-6-20-22/h5-7,11-13H,8-10H2,1-4H3,(H2,17,18,19). The van der Waals surface area contributed by atoms with Crippen LogP contribution in [0.1, 0.15) is 37.4 Å². The van der Waals surface area contributed by atoms with Crippen LogP contribution in [-0.4, -0.2) is 34.3 Å². The summed E-state index contributed by atoms with van der Waals surface area (Å²) in [5.74, 6) is 1.74. The monoisotopic (exact) mass is 334 g/mol. The number of hydrogen-bond donors (Lipinski definition) is 2. The Morgan fingerprint density at radius 2 is 2.17 bits per heavy atom. The molecule has 0 aromatic carbocycles. The fourth-order valence-corrected chi connectivity index (χ4v) is 3.01. The van der Waals surface area contributed by atoms with Crippen LogP contribution in [0.5, 0.6) is 0 Å². The summed E-state index contributed by atoms with van der Waals surface area (Å²) in [6.07, 6.45) is 3.79. The third-order valence-corrected chi connectivity index (χ3v) is 4.33. The normalized spacial score (nSPS) is 13.3. The van der Waals surface area contributed by atoms with Crippen molar-refractivity contribution in [3.8, 4) is 0 Å². The highest BCUT2D eigenvalue weighted by molar-refractivity contribution is 7.09. The van der Waals surface area contributed by atoms with Gasteiger partial charge in [-0.2, -0.15) is 5.10 Å². The van der Waals surface area contributed by atoms with E-state index in [1.165, 1.54) is 0 Å². The lowest BCUT2D eigenvalue weighted by atomic mass is 10.2. The van der Waals surface area contributed by atoms with Gasteiger partial charge in [0.15, 0.2) is 5.96 Å². The van der Waals surface area contributed by atoms with E-state index < -0.39 is 0 Å². The highest BCUT2D eigenvalue weighted by Gasteiger charge is 2.08. The van der Waals surface area contributed by atoms with Crippen molar-refractivity contribution in [2.24, 2.45) is 10.9 Å². The molecule has 0 spiro atoms. The molecule has 0 saturated heterocycles. The summed E-state index contributed by atoms with van der Waals surface area (Å²) >= 11 is 1.69. The third kappa shape index (κ3) is 5.67. The van der Waals surface area contributed by atoms with E-state index in [1.54, 1.807) is 24.6 Å². The quantitative estimate of drug-likeness (QED) is 0.603. The van der Waals surface area contributed by atoms with Gasteiger partial charge in [0, 0.05) is 37.9 Å². The summed E-state index contributed by atoms with van der Waals surface area (Å²) < 4.78 is 1.95. The number of aromatic nitrogens is 3. The molecule has 2 aromatic rings. The van der Waals surface area contributed by atoms with E-state index in [4.69, 9.17) is 0 Å². The molecule has 7 heteroatoms. The Labute approximate surface area is 142 Å². The van der Waals surface area contributed by atoms with Crippen LogP contribution in [0, 0.1) is 5.92 Å². The van der Waals surface area contributed by atoms with Crippen molar-refractivity contribution in [2.75, 3.05) is 13.6 Å². The maximum atomic E-state index is 4.62. The number of hydrogen-bond acceptors (Lipinski definition) is 4. The zero-order valence-electron chi connectivity index (χ0n) is 14.3. The molecule has 0 aliphatic heterocycles. The number of thiazole rings is 1. The van der Waals surface area contributed by atoms with Crippen molar-refractivity contribution >= 4 is 17.3 Å². The molecule has 1 atom stereocenters.